The van der Waals surface area contributed by atoms with E-state index >= 15 is 0 Å². The number of nitrogens with zero attached hydrogens (tertiary/aromatic N) is 5. The number of fused-ring (bicyclic) bond motifs is 2. The lowest BCUT2D eigenvalue weighted by Crippen LogP contribution is -2.41. The summed E-state index contributed by atoms with van der Waals surface area (Å²) < 4.78 is 12.8. The molecule has 0 fully saturated rings. The van der Waals surface area contributed by atoms with E-state index in [4.69, 9.17) is 9.47 Å². The van der Waals surface area contributed by atoms with Crippen molar-refractivity contribution in [1.29, 1.82) is 0 Å². The van der Waals surface area contributed by atoms with Gasteiger partial charge in [-0.15, -0.1) is 5.10 Å². The van der Waals surface area contributed by atoms with Gasteiger partial charge >= 0.3 is 0 Å². The van der Waals surface area contributed by atoms with E-state index in [0.29, 0.717) is 29.0 Å². The number of benzene rings is 2. The summed E-state index contributed by atoms with van der Waals surface area (Å²) in [5, 5.41) is 5.07. The Labute approximate surface area is 208 Å². The minimum absolute atomic E-state index is 0.0315. The van der Waals surface area contributed by atoms with Gasteiger partial charge in [0.1, 0.15) is 0 Å². The lowest BCUT2D eigenvalue weighted by Gasteiger charge is -2.38. The first kappa shape index (κ1) is 23.2. The zero-order chi connectivity index (χ0) is 24.5. The molecule has 0 saturated heterocycles. The van der Waals surface area contributed by atoms with E-state index < -0.39 is 0 Å². The quantitative estimate of drug-likeness (QED) is 0.378. The van der Waals surface area contributed by atoms with Gasteiger partial charge in [-0.3, -0.25) is 4.79 Å². The van der Waals surface area contributed by atoms with Crippen LogP contribution in [-0.4, -0.2) is 56.9 Å². The fraction of sp³-hybridized carbons (Fsp3) is 0.308. The Balaban J connectivity index is 1.44. The molecule has 0 N–H and O–H groups in total. The van der Waals surface area contributed by atoms with Crippen LogP contribution >= 0.6 is 11.8 Å². The molecule has 0 bridgehead atoms. The van der Waals surface area contributed by atoms with Gasteiger partial charge < -0.3 is 14.4 Å². The number of aromatic nitrogens is 4. The van der Waals surface area contributed by atoms with E-state index in [-0.39, 0.29) is 17.7 Å². The van der Waals surface area contributed by atoms with Gasteiger partial charge in [0.05, 0.1) is 26.0 Å². The minimum atomic E-state index is -0.214. The molecule has 2 aromatic carbocycles. The van der Waals surface area contributed by atoms with Crippen LogP contribution in [-0.2, 0) is 11.2 Å². The maximum absolute atomic E-state index is 13.5. The van der Waals surface area contributed by atoms with Gasteiger partial charge in [-0.25, -0.2) is 9.50 Å². The van der Waals surface area contributed by atoms with E-state index in [2.05, 4.69) is 27.2 Å². The van der Waals surface area contributed by atoms with Crippen LogP contribution < -0.4 is 9.47 Å². The average molecular weight is 490 g/mol. The van der Waals surface area contributed by atoms with Gasteiger partial charge in [-0.05, 0) is 55.2 Å². The minimum Gasteiger partial charge on any atom is -0.493 e. The highest BCUT2D eigenvalue weighted by Crippen LogP contribution is 2.41. The van der Waals surface area contributed by atoms with Crippen molar-refractivity contribution in [2.75, 3.05) is 26.5 Å². The number of methoxy groups -OCH3 is 2. The number of carbonyl (C=O) groups is 1. The summed E-state index contributed by atoms with van der Waals surface area (Å²) in [5.74, 6) is 2.17. The molecule has 9 heteroatoms. The number of rotatable bonds is 6. The van der Waals surface area contributed by atoms with Crippen LogP contribution in [0.4, 0.5) is 0 Å². The van der Waals surface area contributed by atoms with Crippen molar-refractivity contribution in [3.05, 3.63) is 76.6 Å². The number of amides is 1. The molecule has 0 aliphatic carbocycles. The summed E-state index contributed by atoms with van der Waals surface area (Å²) >= 11 is 1.34. The Morgan fingerprint density at radius 1 is 1.06 bits per heavy atom. The highest BCUT2D eigenvalue weighted by Gasteiger charge is 2.33. The summed E-state index contributed by atoms with van der Waals surface area (Å²) in [5.41, 5.74) is 5.12. The first-order chi connectivity index (χ1) is 17.0. The van der Waals surface area contributed by atoms with E-state index in [1.807, 2.05) is 55.1 Å². The van der Waals surface area contributed by atoms with Crippen LogP contribution in [0.2, 0.25) is 0 Å². The Morgan fingerprint density at radius 3 is 2.54 bits per heavy atom. The van der Waals surface area contributed by atoms with Crippen LogP contribution in [0.1, 0.15) is 34.1 Å². The van der Waals surface area contributed by atoms with Crippen molar-refractivity contribution in [3.63, 3.8) is 0 Å². The van der Waals surface area contributed by atoms with Crippen molar-refractivity contribution in [3.8, 4) is 11.5 Å². The van der Waals surface area contributed by atoms with Crippen molar-refractivity contribution in [2.45, 2.75) is 31.5 Å². The van der Waals surface area contributed by atoms with Crippen LogP contribution in [0.5, 0.6) is 11.5 Å². The van der Waals surface area contributed by atoms with E-state index in [9.17, 15) is 4.79 Å². The summed E-state index contributed by atoms with van der Waals surface area (Å²) in [6.45, 7) is 4.51. The summed E-state index contributed by atoms with van der Waals surface area (Å²) in [7, 11) is 3.27. The molecule has 0 radical (unpaired) electrons. The third-order valence-electron chi connectivity index (χ3n) is 6.23. The molecule has 180 valence electrons. The molecular formula is C26H27N5O3S. The molecule has 8 nitrogen and oxygen atoms in total. The van der Waals surface area contributed by atoms with Gasteiger partial charge in [0.25, 0.3) is 5.78 Å². The van der Waals surface area contributed by atoms with Crippen LogP contribution in [0.25, 0.3) is 5.78 Å². The Morgan fingerprint density at radius 2 is 1.80 bits per heavy atom. The molecule has 2 aromatic heterocycles. The molecule has 1 atom stereocenters. The molecule has 1 amide bonds. The topological polar surface area (TPSA) is 81.9 Å². The number of carbonyl (C=O) groups excluding carboxylic acids is 1. The maximum atomic E-state index is 13.5. The Hall–Kier alpha value is -3.59. The second-order valence-corrected chi connectivity index (χ2v) is 9.43. The van der Waals surface area contributed by atoms with Gasteiger partial charge in [0.15, 0.2) is 11.5 Å². The number of hydrogen-bond acceptors (Lipinski definition) is 7. The monoisotopic (exact) mass is 489 g/mol. The van der Waals surface area contributed by atoms with Crippen molar-refractivity contribution >= 4 is 23.4 Å². The predicted octanol–water partition coefficient (Wildman–Crippen LogP) is 4.02. The van der Waals surface area contributed by atoms with Gasteiger partial charge in [-0.1, -0.05) is 42.1 Å². The van der Waals surface area contributed by atoms with Crippen molar-refractivity contribution in [1.82, 2.24) is 24.5 Å². The second-order valence-electron chi connectivity index (χ2n) is 8.49. The number of ether oxygens (including phenoxy) is 2. The fourth-order valence-electron chi connectivity index (χ4n) is 4.63. The molecule has 1 aliphatic heterocycles. The molecule has 35 heavy (non-hydrogen) atoms. The number of hydrogen-bond donors (Lipinski definition) is 0. The summed E-state index contributed by atoms with van der Waals surface area (Å²) in [6, 6.07) is 15.9. The molecule has 1 aliphatic rings. The second kappa shape index (κ2) is 9.58. The Kier molecular flexibility index (Phi) is 6.34. The maximum Gasteiger partial charge on any atom is 0.253 e. The molecule has 0 unspecified atom stereocenters. The zero-order valence-corrected chi connectivity index (χ0v) is 21.0. The van der Waals surface area contributed by atoms with Crippen LogP contribution in [0.3, 0.4) is 0 Å². The zero-order valence-electron chi connectivity index (χ0n) is 20.2. The average Bonchev–Trinajstić information content (AvgIpc) is 3.29. The smallest absolute Gasteiger partial charge is 0.253 e. The van der Waals surface area contributed by atoms with Crippen LogP contribution in [0, 0.1) is 13.8 Å². The molecule has 5 rings (SSSR count). The highest BCUT2D eigenvalue weighted by molar-refractivity contribution is 7.99. The predicted molar refractivity (Wildman–Crippen MR) is 134 cm³/mol. The summed E-state index contributed by atoms with van der Waals surface area (Å²) in [4.78, 5) is 24.4. The Bertz CT molecular complexity index is 1390. The standard InChI is InChI=1S/C26H27N5O3S/c1-16-12-17(2)31-25(27-16)28-26(29-31)35-15-23(32)30-11-10-19-13-21(33-3)22(34-4)14-20(19)24(30)18-8-6-5-7-9-18/h5-9,12-14,24H,10-11,15H2,1-4H3/t24-/m0/s1. The first-order valence-corrected chi connectivity index (χ1v) is 12.4. The fourth-order valence-corrected chi connectivity index (χ4v) is 5.33. The van der Waals surface area contributed by atoms with Gasteiger partial charge in [-0.2, -0.15) is 4.98 Å². The molecular weight excluding hydrogens is 462 g/mol. The lowest BCUT2D eigenvalue weighted by molar-refractivity contribution is -0.130. The third kappa shape index (κ3) is 4.43. The molecule has 0 saturated carbocycles. The van der Waals surface area contributed by atoms with Gasteiger partial charge in [0.2, 0.25) is 11.1 Å². The van der Waals surface area contributed by atoms with E-state index in [0.717, 1.165) is 34.5 Å². The largest absolute Gasteiger partial charge is 0.493 e. The third-order valence-corrected chi connectivity index (χ3v) is 7.06. The van der Waals surface area contributed by atoms with Crippen LogP contribution in [0.15, 0.2) is 53.7 Å². The van der Waals surface area contributed by atoms with Gasteiger partial charge in [0, 0.05) is 17.9 Å². The molecule has 4 aromatic rings. The number of thioether (sulfide) groups is 1. The van der Waals surface area contributed by atoms with E-state index in [1.54, 1.807) is 18.7 Å². The van der Waals surface area contributed by atoms with Crippen molar-refractivity contribution < 1.29 is 14.3 Å². The first-order valence-electron chi connectivity index (χ1n) is 11.4. The number of aryl methyl sites for hydroxylation is 2. The lowest BCUT2D eigenvalue weighted by atomic mass is 9.87. The molecule has 3 heterocycles. The highest BCUT2D eigenvalue weighted by atomic mass is 32.2. The van der Waals surface area contributed by atoms with E-state index in [1.165, 1.54) is 11.8 Å². The summed E-state index contributed by atoms with van der Waals surface area (Å²) in [6.07, 6.45) is 0.741. The normalized spacial score (nSPS) is 15.2. The SMILES string of the molecule is COc1cc2c(cc1OC)[C@H](c1ccccc1)N(C(=O)CSc1nc3nc(C)cc(C)n3n1)CC2. The molecule has 0 spiro atoms. The van der Waals surface area contributed by atoms with Crippen molar-refractivity contribution in [2.24, 2.45) is 0 Å².